The van der Waals surface area contributed by atoms with Crippen molar-refractivity contribution in [1.29, 1.82) is 0 Å². The molecule has 0 bridgehead atoms. The second kappa shape index (κ2) is 14.2. The first-order chi connectivity index (χ1) is 20.1. The number of alkyl halides is 3. The van der Waals surface area contributed by atoms with E-state index in [4.69, 9.17) is 34.8 Å². The van der Waals surface area contributed by atoms with Gasteiger partial charge in [-0.05, 0) is 68.3 Å². The number of hydrogen-bond donors (Lipinski definition) is 1. The van der Waals surface area contributed by atoms with E-state index in [1.165, 1.54) is 43.3 Å². The van der Waals surface area contributed by atoms with Crippen LogP contribution in [0.4, 0.5) is 18.9 Å². The number of nitrogens with one attached hydrogen (secondary N) is 1. The molecule has 0 aliphatic carbocycles. The maximum absolute atomic E-state index is 13.9. The Morgan fingerprint density at radius 3 is 2.19 bits per heavy atom. The molecule has 1 N–H and O–H groups in total. The topological polar surface area (TPSA) is 86.8 Å². The van der Waals surface area contributed by atoms with E-state index in [1.54, 1.807) is 13.0 Å². The molecule has 0 spiro atoms. The molecule has 0 saturated heterocycles. The number of aryl methyl sites for hydroxylation is 1. The first kappa shape index (κ1) is 34.5. The van der Waals surface area contributed by atoms with Gasteiger partial charge in [-0.1, -0.05) is 65.5 Å². The zero-order valence-corrected chi connectivity index (χ0v) is 26.5. The fourth-order valence-electron chi connectivity index (χ4n) is 4.06. The van der Waals surface area contributed by atoms with E-state index in [1.807, 2.05) is 6.92 Å². The highest BCUT2D eigenvalue weighted by molar-refractivity contribution is 7.92. The summed E-state index contributed by atoms with van der Waals surface area (Å²) in [5.74, 6) is -1.39. The van der Waals surface area contributed by atoms with Gasteiger partial charge >= 0.3 is 6.18 Å². The van der Waals surface area contributed by atoms with Crippen molar-refractivity contribution in [2.45, 2.75) is 50.9 Å². The van der Waals surface area contributed by atoms with Crippen molar-refractivity contribution in [1.82, 2.24) is 10.2 Å². The zero-order valence-electron chi connectivity index (χ0n) is 23.4. The molecule has 0 aliphatic rings. The van der Waals surface area contributed by atoms with Crippen molar-refractivity contribution in [2.75, 3.05) is 17.4 Å². The minimum absolute atomic E-state index is 0.197. The molecule has 0 heterocycles. The number of sulfonamides is 1. The number of amides is 2. The Labute approximate surface area is 263 Å². The lowest BCUT2D eigenvalue weighted by Crippen LogP contribution is -2.51. The van der Waals surface area contributed by atoms with Crippen LogP contribution in [0.3, 0.4) is 0 Å². The number of rotatable bonds is 11. The number of nitrogens with zero attached hydrogens (tertiary/aromatic N) is 2. The van der Waals surface area contributed by atoms with Crippen molar-refractivity contribution >= 4 is 62.3 Å². The molecule has 1 atom stereocenters. The molecular formula is C29H29Cl3F3N3O4S. The normalized spacial score (nSPS) is 12.5. The highest BCUT2D eigenvalue weighted by Gasteiger charge is 2.37. The summed E-state index contributed by atoms with van der Waals surface area (Å²) in [6.45, 7) is 4.20. The monoisotopic (exact) mass is 677 g/mol. The number of carbonyl (C=O) groups excluding carboxylic acids is 2. The zero-order chi connectivity index (χ0) is 32.1. The van der Waals surface area contributed by atoms with Gasteiger partial charge in [-0.3, -0.25) is 13.9 Å². The third-order valence-electron chi connectivity index (χ3n) is 6.50. The lowest BCUT2D eigenvalue weighted by Gasteiger charge is -2.32. The molecule has 0 fully saturated rings. The Bertz CT molecular complexity index is 1590. The fraction of sp³-hybridized carbons (Fsp3) is 0.310. The van der Waals surface area contributed by atoms with Crippen LogP contribution in [0.25, 0.3) is 0 Å². The van der Waals surface area contributed by atoms with E-state index in [-0.39, 0.29) is 16.5 Å². The molecule has 0 aliphatic heterocycles. The number of carbonyl (C=O) groups is 2. The standard InChI is InChI=1S/C29H29Cl3F3N3O4S/c1-4-13-36-28(40)19(3)37(16-20-7-8-21(30)14-26(20)32)27(39)17-38(43(41,42)23-10-5-18(2)6-11-23)22-9-12-25(31)24(15-22)29(33,34)35/h5-12,14-15,19H,4,13,16-17H2,1-3H3,(H,36,40)/t19-/m0/s1. The SMILES string of the molecule is CCCNC(=O)[C@H](C)N(Cc1ccc(Cl)cc1Cl)C(=O)CN(c1ccc(Cl)c(C(F)(F)F)c1)S(=O)(=O)c1ccc(C)cc1. The Kier molecular flexibility index (Phi) is 11.4. The molecule has 14 heteroatoms. The fourth-order valence-corrected chi connectivity index (χ4v) is 6.16. The molecule has 3 rings (SSSR count). The van der Waals surface area contributed by atoms with Crippen molar-refractivity contribution in [2.24, 2.45) is 0 Å². The summed E-state index contributed by atoms with van der Waals surface area (Å²) in [5, 5.41) is 2.58. The maximum Gasteiger partial charge on any atom is 0.417 e. The van der Waals surface area contributed by atoms with Gasteiger partial charge < -0.3 is 10.2 Å². The third-order valence-corrected chi connectivity index (χ3v) is 9.21. The second-order valence-electron chi connectivity index (χ2n) is 9.71. The summed E-state index contributed by atoms with van der Waals surface area (Å²) >= 11 is 18.1. The number of halogens is 6. The Morgan fingerprint density at radius 2 is 1.60 bits per heavy atom. The summed E-state index contributed by atoms with van der Waals surface area (Å²) < 4.78 is 69.6. The van der Waals surface area contributed by atoms with Crippen LogP contribution in [0, 0.1) is 6.92 Å². The highest BCUT2D eigenvalue weighted by Crippen LogP contribution is 2.38. The van der Waals surface area contributed by atoms with E-state index >= 15 is 0 Å². The number of hydrogen-bond acceptors (Lipinski definition) is 4. The summed E-state index contributed by atoms with van der Waals surface area (Å²) in [5.41, 5.74) is -0.572. The third kappa shape index (κ3) is 8.56. The lowest BCUT2D eigenvalue weighted by molar-refractivity contribution is -0.139. The molecule has 0 unspecified atom stereocenters. The average Bonchev–Trinajstić information content (AvgIpc) is 2.93. The van der Waals surface area contributed by atoms with Gasteiger partial charge in [-0.15, -0.1) is 0 Å². The average molecular weight is 679 g/mol. The largest absolute Gasteiger partial charge is 0.417 e. The molecule has 232 valence electrons. The molecule has 0 saturated carbocycles. The highest BCUT2D eigenvalue weighted by atomic mass is 35.5. The van der Waals surface area contributed by atoms with E-state index in [0.29, 0.717) is 33.9 Å². The van der Waals surface area contributed by atoms with Gasteiger partial charge in [0.2, 0.25) is 11.8 Å². The van der Waals surface area contributed by atoms with Crippen LogP contribution in [0.1, 0.15) is 37.0 Å². The van der Waals surface area contributed by atoms with Crippen LogP contribution in [0.2, 0.25) is 15.1 Å². The Hall–Kier alpha value is -2.99. The summed E-state index contributed by atoms with van der Waals surface area (Å²) in [6, 6.07) is 11.6. The Balaban J connectivity index is 2.13. The van der Waals surface area contributed by atoms with Gasteiger partial charge in [0.05, 0.1) is 21.2 Å². The first-order valence-electron chi connectivity index (χ1n) is 13.0. The number of anilines is 1. The molecule has 0 aromatic heterocycles. The molecular weight excluding hydrogens is 650 g/mol. The van der Waals surface area contributed by atoms with Crippen LogP contribution >= 0.6 is 34.8 Å². The van der Waals surface area contributed by atoms with Crippen LogP contribution < -0.4 is 9.62 Å². The molecule has 0 radical (unpaired) electrons. The molecule has 7 nitrogen and oxygen atoms in total. The van der Waals surface area contributed by atoms with Gasteiger partial charge in [0, 0.05) is 23.1 Å². The summed E-state index contributed by atoms with van der Waals surface area (Å²) in [7, 11) is -4.59. The minimum atomic E-state index is -4.90. The van der Waals surface area contributed by atoms with E-state index in [0.717, 1.165) is 22.6 Å². The van der Waals surface area contributed by atoms with Crippen molar-refractivity contribution in [3.63, 3.8) is 0 Å². The molecule has 2 amide bonds. The van der Waals surface area contributed by atoms with Gasteiger partial charge in [0.15, 0.2) is 0 Å². The second-order valence-corrected chi connectivity index (χ2v) is 12.8. The minimum Gasteiger partial charge on any atom is -0.354 e. The summed E-state index contributed by atoms with van der Waals surface area (Å²) in [4.78, 5) is 27.7. The van der Waals surface area contributed by atoms with Crippen molar-refractivity contribution in [3.8, 4) is 0 Å². The predicted octanol–water partition coefficient (Wildman–Crippen LogP) is 7.11. The number of benzene rings is 3. The smallest absolute Gasteiger partial charge is 0.354 e. The van der Waals surface area contributed by atoms with Gasteiger partial charge in [0.1, 0.15) is 12.6 Å². The van der Waals surface area contributed by atoms with E-state index in [9.17, 15) is 31.2 Å². The van der Waals surface area contributed by atoms with Crippen molar-refractivity contribution in [3.05, 3.63) is 92.4 Å². The van der Waals surface area contributed by atoms with E-state index < -0.39 is 56.9 Å². The Morgan fingerprint density at radius 1 is 0.953 bits per heavy atom. The lowest BCUT2D eigenvalue weighted by atomic mass is 10.1. The molecule has 3 aromatic carbocycles. The van der Waals surface area contributed by atoms with E-state index in [2.05, 4.69) is 5.32 Å². The van der Waals surface area contributed by atoms with Gasteiger partial charge in [-0.25, -0.2) is 8.42 Å². The quantitative estimate of drug-likeness (QED) is 0.234. The summed E-state index contributed by atoms with van der Waals surface area (Å²) in [6.07, 6.45) is -4.28. The van der Waals surface area contributed by atoms with Crippen LogP contribution in [0.5, 0.6) is 0 Å². The van der Waals surface area contributed by atoms with Crippen LogP contribution in [0.15, 0.2) is 65.6 Å². The maximum atomic E-state index is 13.9. The van der Waals surface area contributed by atoms with Crippen LogP contribution in [-0.2, 0) is 32.3 Å². The van der Waals surface area contributed by atoms with Crippen LogP contribution in [-0.4, -0.2) is 44.3 Å². The van der Waals surface area contributed by atoms with Gasteiger partial charge in [-0.2, -0.15) is 13.2 Å². The molecule has 43 heavy (non-hydrogen) atoms. The molecule has 3 aromatic rings. The first-order valence-corrected chi connectivity index (χ1v) is 15.6. The van der Waals surface area contributed by atoms with Crippen molar-refractivity contribution < 1.29 is 31.2 Å². The van der Waals surface area contributed by atoms with Gasteiger partial charge in [0.25, 0.3) is 10.0 Å². The predicted molar refractivity (Wildman–Crippen MR) is 162 cm³/mol.